The van der Waals surface area contributed by atoms with E-state index in [4.69, 9.17) is 23.2 Å². The van der Waals surface area contributed by atoms with E-state index in [1.165, 1.54) is 18.2 Å². The van der Waals surface area contributed by atoms with Crippen LogP contribution in [-0.2, 0) is 10.0 Å². The molecule has 0 aliphatic rings. The summed E-state index contributed by atoms with van der Waals surface area (Å²) >= 11 is 11.9. The lowest BCUT2D eigenvalue weighted by Gasteiger charge is -2.18. The van der Waals surface area contributed by atoms with Gasteiger partial charge in [0.15, 0.2) is 0 Å². The summed E-state index contributed by atoms with van der Waals surface area (Å²) in [5.74, 6) is -0.225. The molecule has 0 radical (unpaired) electrons. The van der Waals surface area contributed by atoms with Crippen molar-refractivity contribution in [1.29, 1.82) is 0 Å². The van der Waals surface area contributed by atoms with E-state index in [0.717, 1.165) is 22.0 Å². The fraction of sp³-hybridized carbons (Fsp3) is 0.0952. The Morgan fingerprint density at radius 1 is 1.03 bits per heavy atom. The lowest BCUT2D eigenvalue weighted by atomic mass is 9.92. The number of aromatic amines is 1. The molecule has 2 heterocycles. The van der Waals surface area contributed by atoms with Gasteiger partial charge >= 0.3 is 0 Å². The van der Waals surface area contributed by atoms with Gasteiger partial charge in [0.25, 0.3) is 0 Å². The molecule has 0 aliphatic heterocycles. The molecule has 8 heteroatoms. The first-order valence-electron chi connectivity index (χ1n) is 8.86. The van der Waals surface area contributed by atoms with Gasteiger partial charge in [-0.25, -0.2) is 13.1 Å². The second kappa shape index (κ2) is 8.16. The summed E-state index contributed by atoms with van der Waals surface area (Å²) in [6, 6.07) is 15.9. The molecule has 0 aliphatic carbocycles. The number of sulfonamides is 1. The van der Waals surface area contributed by atoms with Crippen molar-refractivity contribution in [2.75, 3.05) is 6.54 Å². The molecule has 1 atom stereocenters. The lowest BCUT2D eigenvalue weighted by Crippen LogP contribution is -2.29. The maximum Gasteiger partial charge on any atom is 0.240 e. The molecule has 0 bridgehead atoms. The molecular weight excluding hydrogens is 429 g/mol. The van der Waals surface area contributed by atoms with Crippen molar-refractivity contribution in [3.63, 3.8) is 0 Å². The Morgan fingerprint density at radius 2 is 1.86 bits per heavy atom. The highest BCUT2D eigenvalue weighted by Crippen LogP contribution is 2.31. The third-order valence-corrected chi connectivity index (χ3v) is 6.92. The standard InChI is InChI=1S/C21H17Cl2N3O2S/c22-19-8-7-15(10-20(19)23)29(27,28)26-13-17(14-4-3-9-24-11-14)18-12-25-21-6-2-1-5-16(18)21/h1-12,17,25-26H,13H2/t17-/m0/s1. The Bertz CT molecular complexity index is 1260. The average Bonchev–Trinajstić information content (AvgIpc) is 3.15. The van der Waals surface area contributed by atoms with Gasteiger partial charge in [0.2, 0.25) is 10.0 Å². The number of nitrogens with one attached hydrogen (secondary N) is 2. The van der Waals surface area contributed by atoms with Crippen LogP contribution in [0.3, 0.4) is 0 Å². The van der Waals surface area contributed by atoms with Gasteiger partial charge in [0, 0.05) is 42.0 Å². The topological polar surface area (TPSA) is 74.8 Å². The molecule has 148 valence electrons. The first-order chi connectivity index (χ1) is 14.0. The van der Waals surface area contributed by atoms with Crippen LogP contribution in [-0.4, -0.2) is 24.9 Å². The van der Waals surface area contributed by atoms with Crippen molar-refractivity contribution >= 4 is 44.1 Å². The molecule has 0 spiro atoms. The first kappa shape index (κ1) is 19.9. The maximum absolute atomic E-state index is 12.8. The Labute approximate surface area is 178 Å². The van der Waals surface area contributed by atoms with Gasteiger partial charge < -0.3 is 4.98 Å². The normalized spacial score (nSPS) is 12.9. The van der Waals surface area contributed by atoms with Gasteiger partial charge in [-0.2, -0.15) is 0 Å². The van der Waals surface area contributed by atoms with Crippen molar-refractivity contribution in [1.82, 2.24) is 14.7 Å². The molecule has 2 aromatic carbocycles. The number of fused-ring (bicyclic) bond motifs is 1. The summed E-state index contributed by atoms with van der Waals surface area (Å²) in [6.45, 7) is 0.163. The molecule has 0 saturated heterocycles. The van der Waals surface area contributed by atoms with Crippen LogP contribution in [0.1, 0.15) is 17.0 Å². The Morgan fingerprint density at radius 3 is 2.62 bits per heavy atom. The van der Waals surface area contributed by atoms with E-state index in [1.807, 2.05) is 42.6 Å². The predicted octanol–water partition coefficient (Wildman–Crippen LogP) is 4.98. The third kappa shape index (κ3) is 4.16. The summed E-state index contributed by atoms with van der Waals surface area (Å²) in [6.07, 6.45) is 5.35. The summed E-state index contributed by atoms with van der Waals surface area (Å²) in [5.41, 5.74) is 2.89. The number of rotatable bonds is 6. The SMILES string of the molecule is O=S(=O)(NC[C@@H](c1cccnc1)c1c[nH]c2ccccc12)c1ccc(Cl)c(Cl)c1. The van der Waals surface area contributed by atoms with Gasteiger partial charge in [-0.3, -0.25) is 4.98 Å². The molecule has 2 N–H and O–H groups in total. The van der Waals surface area contributed by atoms with Crippen LogP contribution in [0.2, 0.25) is 10.0 Å². The van der Waals surface area contributed by atoms with Crippen LogP contribution in [0.4, 0.5) is 0 Å². The van der Waals surface area contributed by atoms with Gasteiger partial charge in [-0.15, -0.1) is 0 Å². The Balaban J connectivity index is 1.69. The number of aromatic nitrogens is 2. The number of H-pyrrole nitrogens is 1. The summed E-state index contributed by atoms with van der Waals surface area (Å²) < 4.78 is 28.4. The summed E-state index contributed by atoms with van der Waals surface area (Å²) in [5, 5.41) is 1.53. The zero-order valence-electron chi connectivity index (χ0n) is 15.1. The van der Waals surface area contributed by atoms with Crippen molar-refractivity contribution in [3.8, 4) is 0 Å². The Hall–Kier alpha value is -2.38. The largest absolute Gasteiger partial charge is 0.361 e. The zero-order valence-corrected chi connectivity index (χ0v) is 17.5. The van der Waals surface area contributed by atoms with E-state index in [-0.39, 0.29) is 22.4 Å². The van der Waals surface area contributed by atoms with Crippen molar-refractivity contribution in [2.45, 2.75) is 10.8 Å². The molecule has 0 amide bonds. The first-order valence-corrected chi connectivity index (χ1v) is 11.1. The Kier molecular flexibility index (Phi) is 5.61. The predicted molar refractivity (Wildman–Crippen MR) is 116 cm³/mol. The van der Waals surface area contributed by atoms with E-state index >= 15 is 0 Å². The monoisotopic (exact) mass is 445 g/mol. The van der Waals surface area contributed by atoms with Gasteiger partial charge in [-0.1, -0.05) is 47.5 Å². The van der Waals surface area contributed by atoms with Crippen LogP contribution in [0, 0.1) is 0 Å². The molecule has 4 aromatic rings. The van der Waals surface area contributed by atoms with Crippen LogP contribution < -0.4 is 4.72 Å². The van der Waals surface area contributed by atoms with Crippen LogP contribution >= 0.6 is 23.2 Å². The number of hydrogen-bond donors (Lipinski definition) is 2. The van der Waals surface area contributed by atoms with E-state index in [0.29, 0.717) is 5.02 Å². The molecule has 2 aromatic heterocycles. The molecule has 0 fully saturated rings. The van der Waals surface area contributed by atoms with Crippen LogP contribution in [0.5, 0.6) is 0 Å². The molecular formula is C21H17Cl2N3O2S. The zero-order chi connectivity index (χ0) is 20.4. The smallest absolute Gasteiger partial charge is 0.240 e. The minimum atomic E-state index is -3.77. The van der Waals surface area contributed by atoms with Gasteiger partial charge in [-0.05, 0) is 41.5 Å². The number of pyridine rings is 1. The third-order valence-electron chi connectivity index (χ3n) is 4.76. The second-order valence-electron chi connectivity index (χ2n) is 6.56. The molecule has 5 nitrogen and oxygen atoms in total. The molecule has 0 unspecified atom stereocenters. The fourth-order valence-corrected chi connectivity index (χ4v) is 4.73. The number of para-hydroxylation sites is 1. The minimum Gasteiger partial charge on any atom is -0.361 e. The second-order valence-corrected chi connectivity index (χ2v) is 9.14. The number of hydrogen-bond acceptors (Lipinski definition) is 3. The average molecular weight is 446 g/mol. The quantitative estimate of drug-likeness (QED) is 0.439. The highest BCUT2D eigenvalue weighted by Gasteiger charge is 2.22. The van der Waals surface area contributed by atoms with Crippen LogP contribution in [0.15, 0.2) is 78.1 Å². The van der Waals surface area contributed by atoms with Gasteiger partial charge in [0.05, 0.1) is 14.9 Å². The number of benzene rings is 2. The van der Waals surface area contributed by atoms with E-state index in [2.05, 4.69) is 14.7 Å². The number of halogens is 2. The molecule has 4 rings (SSSR count). The molecule has 0 saturated carbocycles. The van der Waals surface area contributed by atoms with Gasteiger partial charge in [0.1, 0.15) is 0 Å². The highest BCUT2D eigenvalue weighted by molar-refractivity contribution is 7.89. The van der Waals surface area contributed by atoms with Crippen molar-refractivity contribution in [3.05, 3.63) is 94.4 Å². The minimum absolute atomic E-state index is 0.0655. The van der Waals surface area contributed by atoms with E-state index in [1.54, 1.807) is 12.4 Å². The fourth-order valence-electron chi connectivity index (χ4n) is 3.29. The van der Waals surface area contributed by atoms with Crippen LogP contribution in [0.25, 0.3) is 10.9 Å². The molecule has 29 heavy (non-hydrogen) atoms. The maximum atomic E-state index is 12.8. The van der Waals surface area contributed by atoms with Crippen molar-refractivity contribution < 1.29 is 8.42 Å². The van der Waals surface area contributed by atoms with E-state index in [9.17, 15) is 8.42 Å². The van der Waals surface area contributed by atoms with E-state index < -0.39 is 10.0 Å². The lowest BCUT2D eigenvalue weighted by molar-refractivity contribution is 0.577. The summed E-state index contributed by atoms with van der Waals surface area (Å²) in [7, 11) is -3.77. The number of nitrogens with zero attached hydrogens (tertiary/aromatic N) is 1. The highest BCUT2D eigenvalue weighted by atomic mass is 35.5. The summed E-state index contributed by atoms with van der Waals surface area (Å²) in [4.78, 5) is 7.52. The van der Waals surface area contributed by atoms with Crippen molar-refractivity contribution in [2.24, 2.45) is 0 Å².